The highest BCUT2D eigenvalue weighted by Gasteiger charge is 2.22. The number of sulfone groups is 1. The van der Waals surface area contributed by atoms with Crippen LogP contribution in [0.25, 0.3) is 11.1 Å². The van der Waals surface area contributed by atoms with E-state index in [-0.39, 0.29) is 15.5 Å². The van der Waals surface area contributed by atoms with Gasteiger partial charge in [0, 0.05) is 6.26 Å². The van der Waals surface area contributed by atoms with Gasteiger partial charge in [-0.2, -0.15) is 8.42 Å². The summed E-state index contributed by atoms with van der Waals surface area (Å²) < 4.78 is 54.1. The topological polar surface area (TPSA) is 77.5 Å². The first-order valence-corrected chi connectivity index (χ1v) is 11.8. The molecule has 3 rings (SSSR count). The highest BCUT2D eigenvalue weighted by Crippen LogP contribution is 2.27. The van der Waals surface area contributed by atoms with Crippen molar-refractivity contribution in [3.8, 4) is 16.9 Å². The average Bonchev–Trinajstić information content (AvgIpc) is 2.62. The predicted molar refractivity (Wildman–Crippen MR) is 109 cm³/mol. The molecule has 0 aliphatic heterocycles. The van der Waals surface area contributed by atoms with Crippen molar-refractivity contribution in [2.24, 2.45) is 0 Å². The smallest absolute Gasteiger partial charge is 0.339 e. The quantitative estimate of drug-likeness (QED) is 0.584. The lowest BCUT2D eigenvalue weighted by Crippen LogP contribution is -2.12. The Kier molecular flexibility index (Phi) is 5.32. The Bertz CT molecular complexity index is 1210. The number of benzene rings is 3. The fourth-order valence-corrected chi connectivity index (χ4v) is 4.61. The van der Waals surface area contributed by atoms with Crippen LogP contribution in [0.5, 0.6) is 5.75 Å². The van der Waals surface area contributed by atoms with E-state index in [2.05, 4.69) is 0 Å². The van der Waals surface area contributed by atoms with Crippen LogP contribution in [0, 0.1) is 13.8 Å². The van der Waals surface area contributed by atoms with Crippen LogP contribution in [-0.2, 0) is 20.0 Å². The standard InChI is InChI=1S/C21H20O5S2/c1-15-4-7-17(8-5-15)18-9-11-19(12-10-18)26-28(24,25)21-14-20(27(3,22)23)13-6-16(21)2/h4-14H,1-3H3. The molecule has 0 amide bonds. The molecular formula is C21H20O5S2. The number of rotatable bonds is 5. The highest BCUT2D eigenvalue weighted by molar-refractivity contribution is 7.90. The molecule has 28 heavy (non-hydrogen) atoms. The fourth-order valence-electron chi connectivity index (χ4n) is 2.70. The normalized spacial score (nSPS) is 12.0. The van der Waals surface area contributed by atoms with Gasteiger partial charge in [-0.05, 0) is 54.8 Å². The van der Waals surface area contributed by atoms with Crippen molar-refractivity contribution < 1.29 is 21.0 Å². The Morgan fingerprint density at radius 2 is 1.25 bits per heavy atom. The second kappa shape index (κ2) is 7.41. The van der Waals surface area contributed by atoms with Gasteiger partial charge in [-0.15, -0.1) is 0 Å². The summed E-state index contributed by atoms with van der Waals surface area (Å²) in [5, 5.41) is 0. The van der Waals surface area contributed by atoms with Crippen LogP contribution < -0.4 is 4.18 Å². The molecule has 3 aromatic carbocycles. The van der Waals surface area contributed by atoms with Crippen molar-refractivity contribution in [2.75, 3.05) is 6.26 Å². The molecule has 7 heteroatoms. The van der Waals surface area contributed by atoms with Crippen LogP contribution in [-0.4, -0.2) is 23.1 Å². The first kappa shape index (κ1) is 20.1. The van der Waals surface area contributed by atoms with E-state index in [9.17, 15) is 16.8 Å². The molecule has 0 heterocycles. The monoisotopic (exact) mass is 416 g/mol. The summed E-state index contributed by atoms with van der Waals surface area (Å²) in [6.45, 7) is 3.59. The molecule has 0 atom stereocenters. The van der Waals surface area contributed by atoms with Crippen molar-refractivity contribution >= 4 is 20.0 Å². The average molecular weight is 417 g/mol. The van der Waals surface area contributed by atoms with E-state index in [1.54, 1.807) is 31.2 Å². The van der Waals surface area contributed by atoms with Gasteiger partial charge in [-0.3, -0.25) is 0 Å². The Balaban J connectivity index is 1.90. The number of hydrogen-bond donors (Lipinski definition) is 0. The minimum absolute atomic E-state index is 0.0741. The molecule has 3 aromatic rings. The third-order valence-electron chi connectivity index (χ3n) is 4.30. The third kappa shape index (κ3) is 4.43. The van der Waals surface area contributed by atoms with Crippen LogP contribution in [0.15, 0.2) is 76.5 Å². The zero-order valence-electron chi connectivity index (χ0n) is 15.7. The maximum atomic E-state index is 12.7. The van der Waals surface area contributed by atoms with Gasteiger partial charge in [0.15, 0.2) is 9.84 Å². The summed E-state index contributed by atoms with van der Waals surface area (Å²) >= 11 is 0. The Labute approximate surface area is 165 Å². The maximum Gasteiger partial charge on any atom is 0.339 e. The molecule has 0 radical (unpaired) electrons. The van der Waals surface area contributed by atoms with E-state index in [0.29, 0.717) is 5.56 Å². The molecule has 0 saturated heterocycles. The van der Waals surface area contributed by atoms with Crippen LogP contribution in [0.1, 0.15) is 11.1 Å². The number of hydrogen-bond acceptors (Lipinski definition) is 5. The van der Waals surface area contributed by atoms with Gasteiger partial charge in [-0.25, -0.2) is 8.42 Å². The summed E-state index contributed by atoms with van der Waals surface area (Å²) in [5.41, 5.74) is 3.50. The van der Waals surface area contributed by atoms with E-state index in [1.165, 1.54) is 12.1 Å². The Morgan fingerprint density at radius 1 is 0.714 bits per heavy atom. The van der Waals surface area contributed by atoms with Gasteiger partial charge < -0.3 is 4.18 Å². The molecule has 0 aromatic heterocycles. The Morgan fingerprint density at radius 3 is 1.79 bits per heavy atom. The van der Waals surface area contributed by atoms with Crippen LogP contribution >= 0.6 is 0 Å². The lowest BCUT2D eigenvalue weighted by Gasteiger charge is -2.11. The zero-order valence-corrected chi connectivity index (χ0v) is 17.3. The van der Waals surface area contributed by atoms with Crippen LogP contribution in [0.2, 0.25) is 0 Å². The highest BCUT2D eigenvalue weighted by atomic mass is 32.2. The molecule has 0 fully saturated rings. The van der Waals surface area contributed by atoms with Crippen molar-refractivity contribution in [3.05, 3.63) is 77.9 Å². The molecule has 0 N–H and O–H groups in total. The fraction of sp³-hybridized carbons (Fsp3) is 0.143. The van der Waals surface area contributed by atoms with Gasteiger partial charge in [0.2, 0.25) is 0 Å². The number of aryl methyl sites for hydroxylation is 2. The lowest BCUT2D eigenvalue weighted by atomic mass is 10.0. The summed E-state index contributed by atoms with van der Waals surface area (Å²) in [6.07, 6.45) is 1.03. The molecule has 0 aliphatic carbocycles. The van der Waals surface area contributed by atoms with E-state index < -0.39 is 20.0 Å². The zero-order chi connectivity index (χ0) is 20.5. The molecule has 146 valence electrons. The molecule has 0 saturated carbocycles. The van der Waals surface area contributed by atoms with E-state index in [4.69, 9.17) is 4.18 Å². The van der Waals surface area contributed by atoms with Crippen LogP contribution in [0.3, 0.4) is 0 Å². The summed E-state index contributed by atoms with van der Waals surface area (Å²) in [7, 11) is -7.71. The molecule has 0 bridgehead atoms. The summed E-state index contributed by atoms with van der Waals surface area (Å²) in [6, 6.07) is 18.6. The van der Waals surface area contributed by atoms with Gasteiger partial charge in [0.25, 0.3) is 0 Å². The molecular weight excluding hydrogens is 396 g/mol. The largest absolute Gasteiger partial charge is 0.379 e. The predicted octanol–water partition coefficient (Wildman–Crippen LogP) is 4.14. The third-order valence-corrected chi connectivity index (χ3v) is 6.80. The van der Waals surface area contributed by atoms with Crippen molar-refractivity contribution in [1.82, 2.24) is 0 Å². The summed E-state index contributed by atoms with van der Waals surface area (Å²) in [4.78, 5) is -0.243. The molecule has 5 nitrogen and oxygen atoms in total. The van der Waals surface area contributed by atoms with Gasteiger partial charge >= 0.3 is 10.1 Å². The van der Waals surface area contributed by atoms with Gasteiger partial charge in [0.1, 0.15) is 10.6 Å². The van der Waals surface area contributed by atoms with E-state index in [1.807, 2.05) is 31.2 Å². The molecule has 0 aliphatic rings. The minimum atomic E-state index is -4.17. The maximum absolute atomic E-state index is 12.7. The molecule has 0 spiro atoms. The van der Waals surface area contributed by atoms with E-state index in [0.717, 1.165) is 29.0 Å². The molecule has 0 unspecified atom stereocenters. The van der Waals surface area contributed by atoms with Crippen LogP contribution in [0.4, 0.5) is 0 Å². The Hall–Kier alpha value is -2.64. The second-order valence-electron chi connectivity index (χ2n) is 6.63. The van der Waals surface area contributed by atoms with Crippen molar-refractivity contribution in [3.63, 3.8) is 0 Å². The summed E-state index contributed by atoms with van der Waals surface area (Å²) in [5.74, 6) is 0.153. The first-order chi connectivity index (χ1) is 13.1. The van der Waals surface area contributed by atoms with Gasteiger partial charge in [0.05, 0.1) is 4.90 Å². The SMILES string of the molecule is Cc1ccc(-c2ccc(OS(=O)(=O)c3cc(S(C)(=O)=O)ccc3C)cc2)cc1. The van der Waals surface area contributed by atoms with Gasteiger partial charge in [-0.1, -0.05) is 48.0 Å². The van der Waals surface area contributed by atoms with E-state index >= 15 is 0 Å². The first-order valence-electron chi connectivity index (χ1n) is 8.48. The van der Waals surface area contributed by atoms with Crippen molar-refractivity contribution in [2.45, 2.75) is 23.6 Å². The second-order valence-corrected chi connectivity index (χ2v) is 10.2. The minimum Gasteiger partial charge on any atom is -0.379 e. The van der Waals surface area contributed by atoms with Crippen molar-refractivity contribution in [1.29, 1.82) is 0 Å². The lowest BCUT2D eigenvalue weighted by molar-refractivity contribution is 0.485.